The predicted molar refractivity (Wildman–Crippen MR) is 251 cm³/mol. The van der Waals surface area contributed by atoms with Crippen LogP contribution in [0.1, 0.15) is 43.2 Å². The lowest BCUT2D eigenvalue weighted by Gasteiger charge is -2.61. The first kappa shape index (κ1) is 32.9. The molecule has 11 aromatic rings. The second-order valence-corrected chi connectivity index (χ2v) is 18.9. The monoisotopic (exact) mass is 782 g/mol. The highest BCUT2D eigenvalue weighted by Gasteiger charge is 2.61. The molecular weight excluding hydrogens is 741 g/mol. The van der Waals surface area contributed by atoms with Crippen LogP contribution in [-0.2, 0) is 5.41 Å². The second kappa shape index (κ2) is 11.7. The fraction of sp³-hybridized carbons (Fsp3) is 0.172. The molecule has 0 unspecified atom stereocenters. The number of para-hydroxylation sites is 3. The number of fused-ring (bicyclic) bond motifs is 12. The van der Waals surface area contributed by atoms with Gasteiger partial charge in [-0.3, -0.25) is 0 Å². The maximum absolute atomic E-state index is 6.21. The molecule has 1 spiro atoms. The molecule has 0 amide bonds. The largest absolute Gasteiger partial charge is 0.456 e. The lowest BCUT2D eigenvalue weighted by atomic mass is 9.43. The van der Waals surface area contributed by atoms with Crippen molar-refractivity contribution in [1.29, 1.82) is 0 Å². The standard InChI is InChI=1S/C58H42N2O/c1-5-14-48-44(13-1)57-49(58(48)38-27-34-26-35(29-38)30-39(58)28-34)15-9-18-54(57)60-51-17-7-3-11-42(51)46-32-37(21-24-53(46)60)36-20-23-52-45(31-36)41-10-2-6-16-50(41)59(52)40-22-25-56-47(33-40)43-12-4-8-19-55(43)61-56/h1-25,31-35,38-39H,26-30H2. The van der Waals surface area contributed by atoms with Crippen molar-refractivity contribution < 1.29 is 4.42 Å². The summed E-state index contributed by atoms with van der Waals surface area (Å²) in [7, 11) is 0. The SMILES string of the molecule is c1ccc2c(c1)-c1c(-n3c4ccccc4c4cc(-c5ccc6c(c5)c5ccccc5n6-c5ccc6oc7ccccc7c6c5)ccc43)cccc1C21C2CC3CC(C2)CC1C3. The van der Waals surface area contributed by atoms with Crippen molar-refractivity contribution in [3.8, 4) is 33.6 Å². The Balaban J connectivity index is 0.905. The van der Waals surface area contributed by atoms with Gasteiger partial charge in [0.2, 0.25) is 0 Å². The van der Waals surface area contributed by atoms with Gasteiger partial charge in [-0.2, -0.15) is 0 Å². The van der Waals surface area contributed by atoms with Gasteiger partial charge in [0.1, 0.15) is 11.2 Å². The molecule has 0 aliphatic heterocycles. The third kappa shape index (κ3) is 4.19. The Morgan fingerprint density at radius 3 is 1.72 bits per heavy atom. The Labute approximate surface area is 353 Å². The summed E-state index contributed by atoms with van der Waals surface area (Å²) in [6.45, 7) is 0. The highest BCUT2D eigenvalue weighted by atomic mass is 16.3. The molecule has 3 heteroatoms. The minimum absolute atomic E-state index is 0.142. The van der Waals surface area contributed by atoms with Crippen molar-refractivity contribution in [3.63, 3.8) is 0 Å². The van der Waals surface area contributed by atoms with Gasteiger partial charge >= 0.3 is 0 Å². The number of benzene rings is 8. The van der Waals surface area contributed by atoms with Crippen LogP contribution in [0.2, 0.25) is 0 Å². The van der Waals surface area contributed by atoms with Crippen molar-refractivity contribution in [3.05, 3.63) is 181 Å². The minimum atomic E-state index is 0.142. The van der Waals surface area contributed by atoms with Crippen molar-refractivity contribution in [1.82, 2.24) is 9.13 Å². The van der Waals surface area contributed by atoms with E-state index in [4.69, 9.17) is 4.42 Å². The number of furan rings is 1. The normalized spacial score (nSPS) is 22.5. The number of rotatable bonds is 3. The van der Waals surface area contributed by atoms with Crippen LogP contribution in [0.25, 0.3) is 99.2 Å². The van der Waals surface area contributed by atoms with Gasteiger partial charge in [-0.1, -0.05) is 103 Å². The van der Waals surface area contributed by atoms with Crippen LogP contribution < -0.4 is 0 Å². The van der Waals surface area contributed by atoms with Crippen LogP contribution in [0.4, 0.5) is 0 Å². The summed E-state index contributed by atoms with van der Waals surface area (Å²) in [6.07, 6.45) is 7.06. The van der Waals surface area contributed by atoms with E-state index >= 15 is 0 Å². The zero-order chi connectivity index (χ0) is 39.6. The van der Waals surface area contributed by atoms with Crippen LogP contribution in [0.15, 0.2) is 174 Å². The van der Waals surface area contributed by atoms with Crippen LogP contribution >= 0.6 is 0 Å². The molecule has 0 N–H and O–H groups in total. The Bertz CT molecular complexity index is 3660. The van der Waals surface area contributed by atoms with Crippen LogP contribution in [0.3, 0.4) is 0 Å². The number of hydrogen-bond donors (Lipinski definition) is 0. The van der Waals surface area contributed by atoms with Crippen molar-refractivity contribution >= 4 is 65.6 Å². The first-order valence-electron chi connectivity index (χ1n) is 22.4. The van der Waals surface area contributed by atoms with Gasteiger partial charge < -0.3 is 13.6 Å². The van der Waals surface area contributed by atoms with E-state index in [1.807, 2.05) is 6.07 Å². The van der Waals surface area contributed by atoms with Crippen molar-refractivity contribution in [2.24, 2.45) is 23.7 Å². The molecule has 4 saturated carbocycles. The third-order valence-electron chi connectivity index (χ3n) is 16.1. The molecule has 290 valence electrons. The molecule has 8 aromatic carbocycles. The van der Waals surface area contributed by atoms with E-state index < -0.39 is 0 Å². The molecule has 3 aromatic heterocycles. The van der Waals surface area contributed by atoms with E-state index in [-0.39, 0.29) is 5.41 Å². The lowest BCUT2D eigenvalue weighted by molar-refractivity contribution is -0.0399. The molecule has 16 rings (SSSR count). The molecule has 3 heterocycles. The van der Waals surface area contributed by atoms with Gasteiger partial charge in [0.25, 0.3) is 0 Å². The van der Waals surface area contributed by atoms with Crippen molar-refractivity contribution in [2.45, 2.75) is 37.5 Å². The number of nitrogens with zero attached hydrogens (tertiary/aromatic N) is 2. The van der Waals surface area contributed by atoms with E-state index in [1.165, 1.54) is 104 Å². The zero-order valence-corrected chi connectivity index (χ0v) is 33.8. The van der Waals surface area contributed by atoms with Gasteiger partial charge in [0.05, 0.1) is 27.8 Å². The summed E-state index contributed by atoms with van der Waals surface area (Å²) >= 11 is 0. The summed E-state index contributed by atoms with van der Waals surface area (Å²) in [6, 6.07) is 63.9. The van der Waals surface area contributed by atoms with Crippen molar-refractivity contribution in [2.75, 3.05) is 0 Å². The molecule has 0 atom stereocenters. The fourth-order valence-electron chi connectivity index (χ4n) is 14.1. The topological polar surface area (TPSA) is 23.0 Å². The molecule has 0 radical (unpaired) electrons. The predicted octanol–water partition coefficient (Wildman–Crippen LogP) is 15.2. The van der Waals surface area contributed by atoms with Crippen LogP contribution in [-0.4, -0.2) is 9.13 Å². The van der Waals surface area contributed by atoms with Gasteiger partial charge in [0.15, 0.2) is 0 Å². The highest BCUT2D eigenvalue weighted by molar-refractivity contribution is 6.14. The number of hydrogen-bond acceptors (Lipinski definition) is 1. The molecule has 61 heavy (non-hydrogen) atoms. The van der Waals surface area contributed by atoms with Gasteiger partial charge in [-0.15, -0.1) is 0 Å². The second-order valence-electron chi connectivity index (χ2n) is 18.9. The van der Waals surface area contributed by atoms with Gasteiger partial charge in [-0.05, 0) is 150 Å². The molecule has 4 fully saturated rings. The van der Waals surface area contributed by atoms with Crippen LogP contribution in [0, 0.1) is 23.7 Å². The van der Waals surface area contributed by atoms with E-state index in [9.17, 15) is 0 Å². The molecule has 0 saturated heterocycles. The third-order valence-corrected chi connectivity index (χ3v) is 16.1. The van der Waals surface area contributed by atoms with E-state index in [0.717, 1.165) is 51.3 Å². The zero-order valence-electron chi connectivity index (χ0n) is 33.8. The molecule has 3 nitrogen and oxygen atoms in total. The number of aromatic nitrogens is 2. The highest BCUT2D eigenvalue weighted by Crippen LogP contribution is 2.70. The minimum Gasteiger partial charge on any atom is -0.456 e. The Morgan fingerprint density at radius 2 is 0.984 bits per heavy atom. The molecule has 5 aliphatic carbocycles. The summed E-state index contributed by atoms with van der Waals surface area (Å²) < 4.78 is 11.2. The summed E-state index contributed by atoms with van der Waals surface area (Å²) in [5.74, 6) is 3.34. The quantitative estimate of drug-likeness (QED) is 0.175. The van der Waals surface area contributed by atoms with E-state index in [2.05, 4.69) is 173 Å². The maximum Gasteiger partial charge on any atom is 0.135 e. The average molecular weight is 783 g/mol. The smallest absolute Gasteiger partial charge is 0.135 e. The van der Waals surface area contributed by atoms with Gasteiger partial charge in [-0.25, -0.2) is 0 Å². The lowest BCUT2D eigenvalue weighted by Crippen LogP contribution is -2.55. The summed E-state index contributed by atoms with van der Waals surface area (Å²) in [5.41, 5.74) is 18.0. The Morgan fingerprint density at radius 1 is 0.410 bits per heavy atom. The van der Waals surface area contributed by atoms with Gasteiger partial charge in [0, 0.05) is 49.0 Å². The average Bonchev–Trinajstić information content (AvgIpc) is 4.03. The van der Waals surface area contributed by atoms with E-state index in [1.54, 1.807) is 11.1 Å². The van der Waals surface area contributed by atoms with Crippen LogP contribution in [0.5, 0.6) is 0 Å². The molecular formula is C58H42N2O. The first-order chi connectivity index (χ1) is 30.2. The molecule has 4 bridgehead atoms. The first-order valence-corrected chi connectivity index (χ1v) is 22.4. The Kier molecular flexibility index (Phi) is 6.32. The fourth-order valence-corrected chi connectivity index (χ4v) is 14.1. The summed E-state index contributed by atoms with van der Waals surface area (Å²) in [4.78, 5) is 0. The molecule has 5 aliphatic rings. The summed E-state index contributed by atoms with van der Waals surface area (Å²) in [5, 5.41) is 7.39. The Hall–Kier alpha value is -6.84. The maximum atomic E-state index is 6.21. The van der Waals surface area contributed by atoms with E-state index in [0.29, 0.717) is 0 Å².